The van der Waals surface area contributed by atoms with Gasteiger partial charge in [-0.2, -0.15) is 0 Å². The number of para-hydroxylation sites is 2. The van der Waals surface area contributed by atoms with Crippen molar-refractivity contribution < 1.29 is 19.1 Å². The van der Waals surface area contributed by atoms with Gasteiger partial charge in [0, 0.05) is 5.39 Å². The quantitative estimate of drug-likeness (QED) is 0.553. The average Bonchev–Trinajstić information content (AvgIpc) is 2.82. The van der Waals surface area contributed by atoms with Gasteiger partial charge in [0.15, 0.2) is 0 Å². The van der Waals surface area contributed by atoms with Gasteiger partial charge in [-0.15, -0.1) is 0 Å². The molecule has 1 N–H and O–H groups in total. The predicted molar refractivity (Wildman–Crippen MR) is 121 cm³/mol. The van der Waals surface area contributed by atoms with Crippen LogP contribution in [0.5, 0.6) is 11.5 Å². The van der Waals surface area contributed by atoms with Crippen LogP contribution in [0.4, 0.5) is 5.69 Å². The van der Waals surface area contributed by atoms with E-state index in [-0.39, 0.29) is 0 Å². The van der Waals surface area contributed by atoms with Gasteiger partial charge in [-0.1, -0.05) is 48.5 Å². The summed E-state index contributed by atoms with van der Waals surface area (Å²) in [6.45, 7) is 7.31. The summed E-state index contributed by atoms with van der Waals surface area (Å²) in [5, 5.41) is 2.35. The highest BCUT2D eigenvalue weighted by Gasteiger charge is 2.21. The molecule has 0 radical (unpaired) electrons. The molecule has 0 amide bonds. The van der Waals surface area contributed by atoms with Crippen molar-refractivity contribution in [3.8, 4) is 11.5 Å². The first-order valence-electron chi connectivity index (χ1n) is 10.7. The van der Waals surface area contributed by atoms with Crippen LogP contribution in [0.25, 0.3) is 10.8 Å². The van der Waals surface area contributed by atoms with Crippen LogP contribution in [-0.2, 0) is 4.74 Å². The Balaban J connectivity index is 1.14. The molecule has 0 saturated carbocycles. The lowest BCUT2D eigenvalue weighted by Gasteiger charge is -2.34. The Morgan fingerprint density at radius 3 is 2.40 bits per heavy atom. The minimum atomic E-state index is 0.574. The maximum atomic E-state index is 5.95. The number of quaternary nitrogens is 1. The number of rotatable bonds is 9. The molecule has 1 heterocycles. The Morgan fingerprint density at radius 1 is 0.800 bits per heavy atom. The highest BCUT2D eigenvalue weighted by molar-refractivity contribution is 5.88. The molecule has 30 heavy (non-hydrogen) atoms. The molecule has 0 atom stereocenters. The van der Waals surface area contributed by atoms with Gasteiger partial charge in [-0.25, -0.2) is 0 Å². The van der Waals surface area contributed by atoms with E-state index in [2.05, 4.69) is 35.2 Å². The van der Waals surface area contributed by atoms with E-state index in [1.54, 1.807) is 12.0 Å². The second kappa shape index (κ2) is 10.3. The van der Waals surface area contributed by atoms with Crippen LogP contribution in [0.15, 0.2) is 66.7 Å². The number of hydrogen-bond donors (Lipinski definition) is 1. The van der Waals surface area contributed by atoms with Gasteiger partial charge in [0.2, 0.25) is 0 Å². The second-order valence-electron chi connectivity index (χ2n) is 7.60. The minimum Gasteiger partial charge on any atom is -0.495 e. The number of ether oxygens (including phenoxy) is 3. The first-order valence-corrected chi connectivity index (χ1v) is 10.7. The minimum absolute atomic E-state index is 0.574. The molecule has 0 unspecified atom stereocenters. The van der Waals surface area contributed by atoms with E-state index in [4.69, 9.17) is 14.2 Å². The fourth-order valence-electron chi connectivity index (χ4n) is 4.06. The highest BCUT2D eigenvalue weighted by Crippen LogP contribution is 2.27. The molecule has 158 valence electrons. The van der Waals surface area contributed by atoms with E-state index in [0.29, 0.717) is 13.2 Å². The first-order chi connectivity index (χ1) is 14.8. The van der Waals surface area contributed by atoms with Crippen molar-refractivity contribution in [1.82, 2.24) is 0 Å². The van der Waals surface area contributed by atoms with Crippen LogP contribution in [0, 0.1) is 0 Å². The molecule has 3 aromatic carbocycles. The van der Waals surface area contributed by atoms with Gasteiger partial charge < -0.3 is 24.0 Å². The molecule has 3 aromatic rings. The fourth-order valence-corrected chi connectivity index (χ4v) is 4.06. The van der Waals surface area contributed by atoms with E-state index in [1.807, 2.05) is 36.4 Å². The topological polar surface area (TPSA) is 35.4 Å². The van der Waals surface area contributed by atoms with Crippen molar-refractivity contribution in [3.63, 3.8) is 0 Å². The molecule has 0 aromatic heterocycles. The van der Waals surface area contributed by atoms with Crippen LogP contribution in [-0.4, -0.2) is 59.7 Å². The fraction of sp³-hybridized carbons (Fsp3) is 0.360. The van der Waals surface area contributed by atoms with Crippen molar-refractivity contribution in [2.45, 2.75) is 0 Å². The second-order valence-corrected chi connectivity index (χ2v) is 7.60. The molecule has 1 fully saturated rings. The summed E-state index contributed by atoms with van der Waals surface area (Å²) in [4.78, 5) is 4.01. The number of methoxy groups -OCH3 is 1. The summed E-state index contributed by atoms with van der Waals surface area (Å²) in [6, 6.07) is 22.7. The Kier molecular flexibility index (Phi) is 7.06. The van der Waals surface area contributed by atoms with Crippen LogP contribution in [0.3, 0.4) is 0 Å². The molecule has 4 rings (SSSR count). The molecule has 5 nitrogen and oxygen atoms in total. The summed E-state index contributed by atoms with van der Waals surface area (Å²) < 4.78 is 17.3. The number of nitrogens with one attached hydrogen (secondary N) is 1. The molecule has 5 heteroatoms. The van der Waals surface area contributed by atoms with Gasteiger partial charge in [-0.3, -0.25) is 0 Å². The number of benzene rings is 3. The molecular weight excluding hydrogens is 376 g/mol. The molecule has 1 saturated heterocycles. The number of piperazine rings is 1. The Bertz CT molecular complexity index is 933. The molecule has 1 aliphatic rings. The lowest BCUT2D eigenvalue weighted by atomic mass is 10.1. The summed E-state index contributed by atoms with van der Waals surface area (Å²) in [5.74, 6) is 1.88. The Labute approximate surface area is 178 Å². The van der Waals surface area contributed by atoms with Crippen molar-refractivity contribution in [1.29, 1.82) is 0 Å². The summed E-state index contributed by atoms with van der Waals surface area (Å²) >= 11 is 0. The maximum absolute atomic E-state index is 5.95. The SMILES string of the molecule is COc1ccccc1N1CC[NH+](CCOCCOc2cccc3ccccc23)CC1. The first kappa shape index (κ1) is 20.5. The maximum Gasteiger partial charge on any atom is 0.142 e. The third-order valence-electron chi connectivity index (χ3n) is 5.73. The van der Waals surface area contributed by atoms with E-state index in [1.165, 1.54) is 11.1 Å². The zero-order chi connectivity index (χ0) is 20.6. The molecule has 0 aliphatic carbocycles. The lowest BCUT2D eigenvalue weighted by molar-refractivity contribution is -0.901. The largest absolute Gasteiger partial charge is 0.495 e. The highest BCUT2D eigenvalue weighted by atomic mass is 16.5. The van der Waals surface area contributed by atoms with Crippen molar-refractivity contribution in [3.05, 3.63) is 66.7 Å². The third-order valence-corrected chi connectivity index (χ3v) is 5.73. The number of hydrogen-bond acceptors (Lipinski definition) is 4. The van der Waals surface area contributed by atoms with Gasteiger partial charge in [0.1, 0.15) is 24.7 Å². The standard InChI is InChI=1S/C25H30N2O3/c1-28-25-11-5-4-10-23(25)27-15-13-26(14-16-27)17-18-29-19-20-30-24-12-6-8-21-7-2-3-9-22(21)24/h2-12H,13-20H2,1H3/p+1. The van der Waals surface area contributed by atoms with E-state index >= 15 is 0 Å². The summed E-state index contributed by atoms with van der Waals surface area (Å²) in [6.07, 6.45) is 0. The monoisotopic (exact) mass is 407 g/mol. The number of fused-ring (bicyclic) bond motifs is 1. The van der Waals surface area contributed by atoms with Crippen LogP contribution < -0.4 is 19.3 Å². The van der Waals surface area contributed by atoms with E-state index < -0.39 is 0 Å². The Morgan fingerprint density at radius 2 is 1.53 bits per heavy atom. The van der Waals surface area contributed by atoms with E-state index in [0.717, 1.165) is 56.2 Å². The van der Waals surface area contributed by atoms with Crippen molar-refractivity contribution in [2.75, 3.05) is 64.6 Å². The van der Waals surface area contributed by atoms with Gasteiger partial charge in [0.05, 0.1) is 52.2 Å². The average molecular weight is 408 g/mol. The van der Waals surface area contributed by atoms with Gasteiger partial charge >= 0.3 is 0 Å². The molecule has 0 bridgehead atoms. The van der Waals surface area contributed by atoms with Crippen LogP contribution in [0.2, 0.25) is 0 Å². The van der Waals surface area contributed by atoms with Crippen LogP contribution >= 0.6 is 0 Å². The molecule has 0 spiro atoms. The van der Waals surface area contributed by atoms with Crippen molar-refractivity contribution in [2.24, 2.45) is 0 Å². The number of nitrogens with zero attached hydrogens (tertiary/aromatic N) is 1. The predicted octanol–water partition coefficient (Wildman–Crippen LogP) is 2.65. The van der Waals surface area contributed by atoms with E-state index in [9.17, 15) is 0 Å². The van der Waals surface area contributed by atoms with Gasteiger partial charge in [-0.05, 0) is 23.6 Å². The Hall–Kier alpha value is -2.76. The summed E-state index contributed by atoms with van der Waals surface area (Å²) in [5.41, 5.74) is 1.20. The zero-order valence-corrected chi connectivity index (χ0v) is 17.7. The third kappa shape index (κ3) is 5.04. The van der Waals surface area contributed by atoms with Gasteiger partial charge in [0.25, 0.3) is 0 Å². The van der Waals surface area contributed by atoms with Crippen LogP contribution in [0.1, 0.15) is 0 Å². The van der Waals surface area contributed by atoms with Crippen molar-refractivity contribution >= 4 is 16.5 Å². The normalized spacial score (nSPS) is 14.8. The summed E-state index contributed by atoms with van der Waals surface area (Å²) in [7, 11) is 1.74. The molecule has 1 aliphatic heterocycles. The smallest absolute Gasteiger partial charge is 0.142 e. The lowest BCUT2D eigenvalue weighted by Crippen LogP contribution is -3.15. The zero-order valence-electron chi connectivity index (χ0n) is 17.7. The number of anilines is 1. The molecular formula is C25H31N2O3+.